The molecule has 0 radical (unpaired) electrons. The molecule has 6 rings (SSSR count). The van der Waals surface area contributed by atoms with Crippen LogP contribution in [0.3, 0.4) is 0 Å². The summed E-state index contributed by atoms with van der Waals surface area (Å²) in [4.78, 5) is 51.3. The van der Waals surface area contributed by atoms with Crippen molar-refractivity contribution in [3.05, 3.63) is 32.7 Å². The molecule has 2 N–H and O–H groups in total. The van der Waals surface area contributed by atoms with Crippen LogP contribution in [0.4, 0.5) is 11.4 Å². The van der Waals surface area contributed by atoms with E-state index in [-0.39, 0.29) is 65.1 Å². The first-order valence-electron chi connectivity index (χ1n) is 19.7. The highest BCUT2D eigenvalue weighted by Crippen LogP contribution is 2.68. The number of anilines is 1. The predicted molar refractivity (Wildman–Crippen MR) is 197 cm³/mol. The number of aromatic nitrogens is 2. The van der Waals surface area contributed by atoms with E-state index in [0.717, 1.165) is 32.1 Å². The maximum absolute atomic E-state index is 13.5. The molecule has 17 nitrogen and oxygen atoms in total. The van der Waals surface area contributed by atoms with Gasteiger partial charge in [-0.05, 0) is 132 Å². The number of nitrogens with one attached hydrogen (secondary N) is 1. The Balaban J connectivity index is 1.02. The van der Waals surface area contributed by atoms with Gasteiger partial charge in [-0.15, -0.1) is 0 Å². The van der Waals surface area contributed by atoms with Crippen LogP contribution in [-0.4, -0.2) is 76.8 Å². The van der Waals surface area contributed by atoms with Crippen molar-refractivity contribution in [2.75, 3.05) is 31.7 Å². The molecule has 0 spiro atoms. The quantitative estimate of drug-likeness (QED) is 0.0307. The number of esters is 2. The minimum absolute atomic E-state index is 0.0220. The van der Waals surface area contributed by atoms with Crippen molar-refractivity contribution < 1.29 is 43.3 Å². The summed E-state index contributed by atoms with van der Waals surface area (Å²) >= 11 is 0. The first kappa shape index (κ1) is 40.2. The maximum Gasteiger partial charge on any atom is 0.329 e. The fraction of sp³-hybridized carbons (Fsp3) is 0.763. The highest BCUT2D eigenvalue weighted by molar-refractivity contribution is 5.95. The lowest BCUT2D eigenvalue weighted by Gasteiger charge is -2.61. The summed E-state index contributed by atoms with van der Waals surface area (Å²) in [6.07, 6.45) is 9.64. The summed E-state index contributed by atoms with van der Waals surface area (Å²) in [5, 5.41) is 34.7. The smallest absolute Gasteiger partial charge is 0.329 e. The zero-order valence-electron chi connectivity index (χ0n) is 31.9. The molecule has 3 unspecified atom stereocenters. The van der Waals surface area contributed by atoms with Gasteiger partial charge in [-0.1, -0.05) is 25.9 Å². The number of aliphatic carboxylic acids is 1. The molecule has 4 saturated carbocycles. The summed E-state index contributed by atoms with van der Waals surface area (Å²) in [7, 11) is 0. The first-order chi connectivity index (χ1) is 26.4. The van der Waals surface area contributed by atoms with Crippen LogP contribution in [-0.2, 0) is 28.6 Å². The fourth-order valence-electron chi connectivity index (χ4n) is 11.3. The van der Waals surface area contributed by atoms with Crippen LogP contribution < -0.4 is 5.32 Å². The number of carbonyl (C=O) groups is 3. The summed E-state index contributed by atoms with van der Waals surface area (Å²) in [6, 6.07) is 1.31. The van der Waals surface area contributed by atoms with Gasteiger partial charge in [0.05, 0.1) is 30.2 Å². The molecule has 0 aliphatic heterocycles. The zero-order chi connectivity index (χ0) is 39.3. The van der Waals surface area contributed by atoms with Crippen molar-refractivity contribution in [3.8, 4) is 0 Å². The monoisotopic (exact) mass is 767 g/mol. The molecular weight excluding hydrogens is 714 g/mol. The van der Waals surface area contributed by atoms with E-state index >= 15 is 0 Å². The molecule has 2 aromatic rings. The second kappa shape index (κ2) is 17.1. The molecule has 4 aliphatic rings. The van der Waals surface area contributed by atoms with E-state index in [2.05, 4.69) is 46.4 Å². The number of ether oxygens (including phenoxy) is 3. The third-order valence-corrected chi connectivity index (χ3v) is 13.9. The Labute approximate surface area is 319 Å². The molecule has 0 amide bonds. The minimum Gasteiger partial charge on any atom is -0.481 e. The molecule has 1 aromatic heterocycles. The van der Waals surface area contributed by atoms with Gasteiger partial charge in [0.15, 0.2) is 5.52 Å². The SMILES string of the molecule is CC(CCC(=O)OCCOCCN=[N+]=[N-])C1CC[C@H]2[C@@H]3CC[C@@H]4C[C@H](OC(=O)C(CC(=O)O)Nc5ccc([N+](=O)[O-])c6nonc56)CC[C@]4(C)[C@H]3CC[C@]12C. The number of nitro benzene ring substituents is 1. The third-order valence-electron chi connectivity index (χ3n) is 13.9. The van der Waals surface area contributed by atoms with Crippen molar-refractivity contribution in [1.29, 1.82) is 0 Å². The molecule has 0 bridgehead atoms. The van der Waals surface area contributed by atoms with Gasteiger partial charge in [-0.2, -0.15) is 0 Å². The number of nitro groups is 1. The molecule has 10 atom stereocenters. The number of fused-ring (bicyclic) bond motifs is 6. The van der Waals surface area contributed by atoms with Crippen LogP contribution in [0.25, 0.3) is 21.5 Å². The van der Waals surface area contributed by atoms with Gasteiger partial charge in [0.1, 0.15) is 18.8 Å². The topological polar surface area (TPSA) is 242 Å². The van der Waals surface area contributed by atoms with Crippen LogP contribution in [0.5, 0.6) is 0 Å². The summed E-state index contributed by atoms with van der Waals surface area (Å²) in [5.74, 6) is 1.17. The van der Waals surface area contributed by atoms with Gasteiger partial charge in [0.2, 0.25) is 5.52 Å². The number of azide groups is 1. The van der Waals surface area contributed by atoms with Crippen LogP contribution in [0, 0.1) is 56.5 Å². The molecular formula is C38H53N7O10. The second-order valence-electron chi connectivity index (χ2n) is 16.7. The van der Waals surface area contributed by atoms with Crippen LogP contribution in [0.15, 0.2) is 21.9 Å². The summed E-state index contributed by atoms with van der Waals surface area (Å²) in [5.41, 5.74) is 8.48. The van der Waals surface area contributed by atoms with Gasteiger partial charge >= 0.3 is 23.6 Å². The first-order valence-corrected chi connectivity index (χ1v) is 19.7. The van der Waals surface area contributed by atoms with Crippen molar-refractivity contribution in [2.24, 2.45) is 51.5 Å². The molecule has 55 heavy (non-hydrogen) atoms. The molecule has 17 heteroatoms. The molecule has 4 fully saturated rings. The summed E-state index contributed by atoms with van der Waals surface area (Å²) < 4.78 is 21.5. The Hall–Kier alpha value is -4.50. The van der Waals surface area contributed by atoms with Gasteiger partial charge in [-0.3, -0.25) is 19.7 Å². The van der Waals surface area contributed by atoms with E-state index < -0.39 is 29.3 Å². The van der Waals surface area contributed by atoms with Crippen LogP contribution in [0.1, 0.15) is 97.8 Å². The highest BCUT2D eigenvalue weighted by Gasteiger charge is 2.60. The Morgan fingerprint density at radius 1 is 1.07 bits per heavy atom. The summed E-state index contributed by atoms with van der Waals surface area (Å²) in [6.45, 7) is 8.27. The maximum atomic E-state index is 13.5. The molecule has 4 aliphatic carbocycles. The normalized spacial score (nSPS) is 30.8. The van der Waals surface area contributed by atoms with E-state index in [1.807, 2.05) is 0 Å². The van der Waals surface area contributed by atoms with Gasteiger partial charge in [0.25, 0.3) is 0 Å². The lowest BCUT2D eigenvalue weighted by Crippen LogP contribution is -2.54. The molecule has 1 aromatic carbocycles. The number of carboxylic acids is 1. The van der Waals surface area contributed by atoms with Crippen molar-refractivity contribution >= 4 is 40.3 Å². The Kier molecular flexibility index (Phi) is 12.5. The number of benzene rings is 1. The number of nitrogens with zero attached hydrogens (tertiary/aromatic N) is 6. The number of hydrogen-bond donors (Lipinski definition) is 2. The molecule has 1 heterocycles. The lowest BCUT2D eigenvalue weighted by atomic mass is 9.44. The Morgan fingerprint density at radius 2 is 1.84 bits per heavy atom. The number of non-ortho nitro benzene ring substituents is 1. The Morgan fingerprint density at radius 3 is 2.60 bits per heavy atom. The van der Waals surface area contributed by atoms with Crippen LogP contribution >= 0.6 is 0 Å². The third kappa shape index (κ3) is 8.52. The van der Waals surface area contributed by atoms with Gasteiger partial charge in [0, 0.05) is 23.9 Å². The average Bonchev–Trinajstić information content (AvgIpc) is 3.78. The second-order valence-corrected chi connectivity index (χ2v) is 16.7. The lowest BCUT2D eigenvalue weighted by molar-refractivity contribution is -0.383. The predicted octanol–water partition coefficient (Wildman–Crippen LogP) is 7.24. The average molecular weight is 768 g/mol. The zero-order valence-corrected chi connectivity index (χ0v) is 31.9. The van der Waals surface area contributed by atoms with Crippen molar-refractivity contribution in [3.63, 3.8) is 0 Å². The van der Waals surface area contributed by atoms with E-state index in [9.17, 15) is 29.6 Å². The van der Waals surface area contributed by atoms with E-state index in [1.54, 1.807) is 0 Å². The van der Waals surface area contributed by atoms with E-state index in [4.69, 9.17) is 24.4 Å². The van der Waals surface area contributed by atoms with Gasteiger partial charge in [-0.25, -0.2) is 9.42 Å². The standard InChI is InChI=1S/C38H53N7O10/c1-22(4-11-33(48)53-19-18-52-17-16-40-44-39)26-7-8-27-25-6-5-23-20-24(12-14-37(23,2)28(25)13-15-38(26,27)3)54-36(49)30(21-32(46)47)41-29-9-10-31(45(50)51)35-34(29)42-55-43-35/h9-10,22-28,30,41H,4-8,11-21H2,1-3H3,(H,46,47)/t22?,23-,24-,25+,26?,27+,28+,30?,37+,38-/m1/s1. The number of hydrogen-bond acceptors (Lipinski definition) is 13. The number of carboxylic acid groups (broad SMARTS) is 1. The highest BCUT2D eigenvalue weighted by atomic mass is 16.6. The largest absolute Gasteiger partial charge is 0.481 e. The number of rotatable bonds is 17. The van der Waals surface area contributed by atoms with E-state index in [0.29, 0.717) is 55.0 Å². The number of carbonyl (C=O) groups excluding carboxylic acids is 2. The van der Waals surface area contributed by atoms with E-state index in [1.165, 1.54) is 37.8 Å². The van der Waals surface area contributed by atoms with Crippen molar-refractivity contribution in [1.82, 2.24) is 10.3 Å². The van der Waals surface area contributed by atoms with Crippen molar-refractivity contribution in [2.45, 2.75) is 110 Å². The van der Waals surface area contributed by atoms with Crippen LogP contribution in [0.2, 0.25) is 0 Å². The minimum atomic E-state index is -1.25. The van der Waals surface area contributed by atoms with Gasteiger partial charge < -0.3 is 24.6 Å². The molecule has 300 valence electrons. The fourth-order valence-corrected chi connectivity index (χ4v) is 11.3. The molecule has 0 saturated heterocycles. The Bertz CT molecular complexity index is 1780.